The van der Waals surface area contributed by atoms with Gasteiger partial charge in [0.25, 0.3) is 0 Å². The molecule has 0 aliphatic heterocycles. The fourth-order valence-corrected chi connectivity index (χ4v) is 4.60. The minimum absolute atomic E-state index is 0.227. The van der Waals surface area contributed by atoms with Crippen LogP contribution in [0.3, 0.4) is 0 Å². The Morgan fingerprint density at radius 1 is 1.03 bits per heavy atom. The highest BCUT2D eigenvalue weighted by Crippen LogP contribution is 2.21. The summed E-state index contributed by atoms with van der Waals surface area (Å²) in [5.41, 5.74) is 1.42. The maximum absolute atomic E-state index is 13.5. The minimum atomic E-state index is -3.72. The first-order chi connectivity index (χ1) is 15.7. The lowest BCUT2D eigenvalue weighted by Crippen LogP contribution is -2.53. The number of carbonyl (C=O) groups is 2. The summed E-state index contributed by atoms with van der Waals surface area (Å²) in [6, 6.07) is 15.7. The summed E-state index contributed by atoms with van der Waals surface area (Å²) in [6.07, 6.45) is 2.84. The minimum Gasteiger partial charge on any atom is -0.354 e. The molecule has 0 saturated carbocycles. The third kappa shape index (κ3) is 8.16. The molecule has 9 heteroatoms. The molecule has 2 rings (SSSR count). The molecule has 0 aliphatic rings. The van der Waals surface area contributed by atoms with Gasteiger partial charge in [-0.15, -0.1) is 0 Å². The first kappa shape index (κ1) is 26.9. The van der Waals surface area contributed by atoms with Gasteiger partial charge in [0.2, 0.25) is 21.8 Å². The van der Waals surface area contributed by atoms with E-state index >= 15 is 0 Å². The van der Waals surface area contributed by atoms with E-state index in [1.807, 2.05) is 44.2 Å². The number of nitrogens with one attached hydrogen (secondary N) is 1. The summed E-state index contributed by atoms with van der Waals surface area (Å²) in [6.45, 7) is 4.25. The van der Waals surface area contributed by atoms with E-state index in [0.29, 0.717) is 31.6 Å². The van der Waals surface area contributed by atoms with E-state index in [-0.39, 0.29) is 12.5 Å². The Labute approximate surface area is 205 Å². The van der Waals surface area contributed by atoms with Gasteiger partial charge in [-0.3, -0.25) is 13.9 Å². The zero-order chi connectivity index (χ0) is 24.4. The van der Waals surface area contributed by atoms with Crippen molar-refractivity contribution in [1.82, 2.24) is 10.2 Å². The number of sulfonamides is 1. The SMILES string of the molecule is CCCNC(=O)[C@@H](CC)N(CCc1ccccc1)C(=O)CN(c1ccc(Br)cc1)S(C)(=O)=O. The highest BCUT2D eigenvalue weighted by Gasteiger charge is 2.31. The van der Waals surface area contributed by atoms with Crippen LogP contribution in [-0.4, -0.2) is 57.1 Å². The molecule has 2 amide bonds. The number of anilines is 1. The number of nitrogens with zero attached hydrogens (tertiary/aromatic N) is 2. The van der Waals surface area contributed by atoms with Crippen molar-refractivity contribution < 1.29 is 18.0 Å². The van der Waals surface area contributed by atoms with Crippen LogP contribution >= 0.6 is 15.9 Å². The van der Waals surface area contributed by atoms with Gasteiger partial charge in [0.1, 0.15) is 12.6 Å². The van der Waals surface area contributed by atoms with Gasteiger partial charge in [-0.1, -0.05) is 60.1 Å². The normalized spacial score (nSPS) is 12.1. The summed E-state index contributed by atoms with van der Waals surface area (Å²) in [5, 5.41) is 2.87. The Morgan fingerprint density at radius 3 is 2.21 bits per heavy atom. The predicted molar refractivity (Wildman–Crippen MR) is 136 cm³/mol. The van der Waals surface area contributed by atoms with Crippen LogP contribution in [0.15, 0.2) is 59.1 Å². The Bertz CT molecular complexity index is 1010. The Morgan fingerprint density at radius 2 is 1.67 bits per heavy atom. The van der Waals surface area contributed by atoms with Gasteiger partial charge < -0.3 is 10.2 Å². The number of halogens is 1. The van der Waals surface area contributed by atoms with E-state index in [1.54, 1.807) is 24.3 Å². The van der Waals surface area contributed by atoms with Gasteiger partial charge in [0, 0.05) is 17.6 Å². The average Bonchev–Trinajstić information content (AvgIpc) is 2.79. The van der Waals surface area contributed by atoms with Gasteiger partial charge in [-0.05, 0) is 49.1 Å². The van der Waals surface area contributed by atoms with E-state index in [0.717, 1.165) is 27.0 Å². The predicted octanol–water partition coefficient (Wildman–Crippen LogP) is 3.59. The highest BCUT2D eigenvalue weighted by atomic mass is 79.9. The largest absolute Gasteiger partial charge is 0.354 e. The summed E-state index contributed by atoms with van der Waals surface area (Å²) in [7, 11) is -3.72. The molecule has 180 valence electrons. The standard InChI is InChI=1S/C24H32BrN3O4S/c1-4-16-26-24(30)22(5-2)27(17-15-19-9-7-6-8-10-19)23(29)18-28(33(3,31)32)21-13-11-20(25)12-14-21/h6-14,22H,4-5,15-18H2,1-3H3,(H,26,30)/t22-/m1/s1. The maximum Gasteiger partial charge on any atom is 0.244 e. The highest BCUT2D eigenvalue weighted by molar-refractivity contribution is 9.10. The molecule has 0 spiro atoms. The molecular weight excluding hydrogens is 506 g/mol. The lowest BCUT2D eigenvalue weighted by molar-refractivity contribution is -0.139. The number of rotatable bonds is 12. The molecule has 1 N–H and O–H groups in total. The van der Waals surface area contributed by atoms with Crippen molar-refractivity contribution in [2.45, 2.75) is 39.2 Å². The molecule has 7 nitrogen and oxygen atoms in total. The van der Waals surface area contributed by atoms with Crippen molar-refractivity contribution in [2.75, 3.05) is 30.2 Å². The van der Waals surface area contributed by atoms with Gasteiger partial charge in [-0.25, -0.2) is 8.42 Å². The second-order valence-corrected chi connectivity index (χ2v) is 10.6. The van der Waals surface area contributed by atoms with Crippen LogP contribution in [0.1, 0.15) is 32.3 Å². The van der Waals surface area contributed by atoms with Crippen molar-refractivity contribution in [3.05, 3.63) is 64.6 Å². The molecule has 0 aromatic heterocycles. The maximum atomic E-state index is 13.5. The number of amides is 2. The Kier molecular flexibility index (Phi) is 10.4. The molecule has 33 heavy (non-hydrogen) atoms. The number of hydrogen-bond donors (Lipinski definition) is 1. The molecule has 0 radical (unpaired) electrons. The lowest BCUT2D eigenvalue weighted by atomic mass is 10.1. The van der Waals surface area contributed by atoms with Crippen LogP contribution in [0.25, 0.3) is 0 Å². The molecule has 0 aliphatic carbocycles. The van der Waals surface area contributed by atoms with Crippen molar-refractivity contribution in [3.8, 4) is 0 Å². The molecule has 2 aromatic rings. The van der Waals surface area contributed by atoms with Gasteiger partial charge in [-0.2, -0.15) is 0 Å². The van der Waals surface area contributed by atoms with E-state index in [4.69, 9.17) is 0 Å². The van der Waals surface area contributed by atoms with Gasteiger partial charge in [0.15, 0.2) is 0 Å². The second-order valence-electron chi connectivity index (χ2n) is 7.78. The van der Waals surface area contributed by atoms with Crippen LogP contribution in [0.4, 0.5) is 5.69 Å². The first-order valence-electron chi connectivity index (χ1n) is 11.0. The fraction of sp³-hybridized carbons (Fsp3) is 0.417. The third-order valence-electron chi connectivity index (χ3n) is 5.21. The third-order valence-corrected chi connectivity index (χ3v) is 6.88. The Hall–Kier alpha value is -2.39. The summed E-state index contributed by atoms with van der Waals surface area (Å²) < 4.78 is 26.9. The van der Waals surface area contributed by atoms with E-state index in [1.165, 1.54) is 4.90 Å². The summed E-state index contributed by atoms with van der Waals surface area (Å²) in [4.78, 5) is 27.8. The number of benzene rings is 2. The van der Waals surface area contributed by atoms with Crippen LogP contribution in [-0.2, 0) is 26.0 Å². The van der Waals surface area contributed by atoms with Crippen molar-refractivity contribution in [2.24, 2.45) is 0 Å². The molecule has 0 bridgehead atoms. The first-order valence-corrected chi connectivity index (χ1v) is 13.7. The van der Waals surface area contributed by atoms with Crippen molar-refractivity contribution in [1.29, 1.82) is 0 Å². The van der Waals surface area contributed by atoms with Crippen molar-refractivity contribution >= 4 is 43.5 Å². The average molecular weight is 539 g/mol. The van der Waals surface area contributed by atoms with E-state index in [9.17, 15) is 18.0 Å². The molecular formula is C24H32BrN3O4S. The number of hydrogen-bond acceptors (Lipinski definition) is 4. The molecule has 0 fully saturated rings. The number of carbonyl (C=O) groups excluding carboxylic acids is 2. The quantitative estimate of drug-likeness (QED) is 0.448. The van der Waals surface area contributed by atoms with Crippen LogP contribution in [0.5, 0.6) is 0 Å². The van der Waals surface area contributed by atoms with E-state index in [2.05, 4.69) is 21.2 Å². The second kappa shape index (κ2) is 12.7. The van der Waals surface area contributed by atoms with Crippen LogP contribution in [0, 0.1) is 0 Å². The molecule has 0 heterocycles. The van der Waals surface area contributed by atoms with Crippen molar-refractivity contribution in [3.63, 3.8) is 0 Å². The van der Waals surface area contributed by atoms with Gasteiger partial charge in [0.05, 0.1) is 11.9 Å². The lowest BCUT2D eigenvalue weighted by Gasteiger charge is -2.32. The topological polar surface area (TPSA) is 86.8 Å². The summed E-state index contributed by atoms with van der Waals surface area (Å²) >= 11 is 3.34. The van der Waals surface area contributed by atoms with Crippen LogP contribution in [0.2, 0.25) is 0 Å². The van der Waals surface area contributed by atoms with Gasteiger partial charge >= 0.3 is 0 Å². The fourth-order valence-electron chi connectivity index (χ4n) is 3.48. The van der Waals surface area contributed by atoms with E-state index < -0.39 is 22.0 Å². The molecule has 1 atom stereocenters. The molecule has 2 aromatic carbocycles. The summed E-state index contributed by atoms with van der Waals surface area (Å²) in [5.74, 6) is -0.645. The zero-order valence-corrected chi connectivity index (χ0v) is 21.7. The smallest absolute Gasteiger partial charge is 0.244 e. The monoisotopic (exact) mass is 537 g/mol. The molecule has 0 unspecified atom stereocenters. The van der Waals surface area contributed by atoms with Crippen LogP contribution < -0.4 is 9.62 Å². The zero-order valence-electron chi connectivity index (χ0n) is 19.3. The molecule has 0 saturated heterocycles. The Balaban J connectivity index is 2.32.